The zero-order valence-corrected chi connectivity index (χ0v) is 12.4. The first-order valence-corrected chi connectivity index (χ1v) is 6.31. The third-order valence-electron chi connectivity index (χ3n) is 2.88. The van der Waals surface area contributed by atoms with Crippen molar-refractivity contribution in [2.24, 2.45) is 0 Å². The Hall–Kier alpha value is -1.50. The van der Waals surface area contributed by atoms with E-state index in [9.17, 15) is 5.11 Å². The van der Waals surface area contributed by atoms with Crippen LogP contribution in [0.2, 0.25) is 0 Å². The molecule has 0 fully saturated rings. The van der Waals surface area contributed by atoms with Crippen molar-refractivity contribution < 1.29 is 5.11 Å². The molecular formula is C17H24O. The summed E-state index contributed by atoms with van der Waals surface area (Å²) in [4.78, 5) is 0. The van der Waals surface area contributed by atoms with Gasteiger partial charge in [-0.25, -0.2) is 0 Å². The van der Waals surface area contributed by atoms with E-state index in [1.807, 2.05) is 39.0 Å². The lowest BCUT2D eigenvalue weighted by atomic mass is 9.83. The number of hydrogen-bond donors (Lipinski definition) is 1. The van der Waals surface area contributed by atoms with Crippen molar-refractivity contribution in [1.82, 2.24) is 0 Å². The van der Waals surface area contributed by atoms with E-state index in [1.54, 1.807) is 0 Å². The summed E-state index contributed by atoms with van der Waals surface area (Å²) in [5.74, 6) is 0.383. The molecule has 0 amide bonds. The summed E-state index contributed by atoms with van der Waals surface area (Å²) >= 11 is 0. The van der Waals surface area contributed by atoms with Gasteiger partial charge in [0.25, 0.3) is 0 Å². The number of rotatable bonds is 2. The number of allylic oxidation sites excluding steroid dienone is 2. The highest BCUT2D eigenvalue weighted by molar-refractivity contribution is 5.71. The summed E-state index contributed by atoms with van der Waals surface area (Å²) in [7, 11) is 0. The van der Waals surface area contributed by atoms with E-state index in [2.05, 4.69) is 27.4 Å². The predicted molar refractivity (Wildman–Crippen MR) is 80.8 cm³/mol. The van der Waals surface area contributed by atoms with Crippen LogP contribution in [0.4, 0.5) is 0 Å². The van der Waals surface area contributed by atoms with Crippen molar-refractivity contribution in [3.63, 3.8) is 0 Å². The van der Waals surface area contributed by atoms with E-state index in [0.29, 0.717) is 5.75 Å². The minimum absolute atomic E-state index is 0.0836. The molecule has 0 aliphatic carbocycles. The molecular weight excluding hydrogens is 220 g/mol. The topological polar surface area (TPSA) is 20.2 Å². The van der Waals surface area contributed by atoms with Crippen LogP contribution in [0.1, 0.15) is 58.2 Å². The maximum absolute atomic E-state index is 10.4. The van der Waals surface area contributed by atoms with E-state index >= 15 is 0 Å². The molecule has 18 heavy (non-hydrogen) atoms. The molecule has 0 bridgehead atoms. The Kier molecular flexibility index (Phi) is 4.05. The van der Waals surface area contributed by atoms with Crippen LogP contribution in [0.5, 0.6) is 5.75 Å². The average Bonchev–Trinajstić information content (AvgIpc) is 2.18. The molecule has 1 nitrogen and oxygen atoms in total. The minimum Gasteiger partial charge on any atom is -0.507 e. The van der Waals surface area contributed by atoms with Gasteiger partial charge >= 0.3 is 0 Å². The summed E-state index contributed by atoms with van der Waals surface area (Å²) in [5.41, 5.74) is 5.04. The fourth-order valence-electron chi connectivity index (χ4n) is 1.90. The molecule has 0 radical (unpaired) electrons. The monoisotopic (exact) mass is 244 g/mol. The Bertz CT molecular complexity index is 495. The lowest BCUT2D eigenvalue weighted by Crippen LogP contribution is -2.12. The fraction of sp³-hybridized carbons (Fsp3) is 0.412. The number of aromatic hydroxyl groups is 1. The van der Waals surface area contributed by atoms with Crippen molar-refractivity contribution >= 4 is 11.6 Å². The van der Waals surface area contributed by atoms with Crippen LogP contribution >= 0.6 is 0 Å². The molecule has 0 saturated heterocycles. The van der Waals surface area contributed by atoms with Crippen LogP contribution in [0, 0.1) is 0 Å². The number of phenols is 1. The van der Waals surface area contributed by atoms with Crippen molar-refractivity contribution in [3.8, 4) is 5.75 Å². The van der Waals surface area contributed by atoms with Crippen LogP contribution in [0.15, 0.2) is 24.3 Å². The molecule has 0 aliphatic rings. The van der Waals surface area contributed by atoms with Gasteiger partial charge in [0.1, 0.15) is 5.75 Å². The molecule has 1 heteroatoms. The molecule has 1 rings (SSSR count). The zero-order chi connectivity index (χ0) is 14.1. The Balaban J connectivity index is 3.58. The van der Waals surface area contributed by atoms with E-state index < -0.39 is 0 Å². The quantitative estimate of drug-likeness (QED) is 0.763. The molecule has 0 spiro atoms. The normalized spacial score (nSPS) is 11.2. The van der Waals surface area contributed by atoms with Gasteiger partial charge in [0.05, 0.1) is 0 Å². The predicted octanol–water partition coefficient (Wildman–Crippen LogP) is 5.15. The molecule has 1 aromatic rings. The zero-order valence-electron chi connectivity index (χ0n) is 12.4. The number of hydrogen-bond acceptors (Lipinski definition) is 1. The minimum atomic E-state index is -0.0836. The van der Waals surface area contributed by atoms with Gasteiger partial charge in [-0.3, -0.25) is 0 Å². The van der Waals surface area contributed by atoms with Gasteiger partial charge < -0.3 is 5.11 Å². The lowest BCUT2D eigenvalue weighted by Gasteiger charge is -2.23. The molecule has 98 valence electrons. The molecule has 1 N–H and O–H groups in total. The van der Waals surface area contributed by atoms with Gasteiger partial charge in [0.2, 0.25) is 0 Å². The first kappa shape index (κ1) is 14.6. The molecule has 0 heterocycles. The first-order valence-electron chi connectivity index (χ1n) is 6.31. The standard InChI is InChI=1S/C17H24O/c1-11(2)8-14-9-13(12(3)4)10-15(16(14)18)17(5,6)7/h8-10,18H,3H2,1-2,4-7H3. The van der Waals surface area contributed by atoms with E-state index in [4.69, 9.17) is 0 Å². The number of benzene rings is 1. The molecule has 0 aliphatic heterocycles. The third-order valence-corrected chi connectivity index (χ3v) is 2.88. The summed E-state index contributed by atoms with van der Waals surface area (Å²) < 4.78 is 0. The largest absolute Gasteiger partial charge is 0.507 e. The van der Waals surface area contributed by atoms with Crippen molar-refractivity contribution in [2.75, 3.05) is 0 Å². The highest BCUT2D eigenvalue weighted by Crippen LogP contribution is 2.36. The van der Waals surface area contributed by atoms with E-state index in [-0.39, 0.29) is 5.41 Å². The van der Waals surface area contributed by atoms with Crippen LogP contribution in [0.3, 0.4) is 0 Å². The van der Waals surface area contributed by atoms with Gasteiger partial charge in [0.15, 0.2) is 0 Å². The Morgan fingerprint density at radius 2 is 1.72 bits per heavy atom. The smallest absolute Gasteiger partial charge is 0.126 e. The summed E-state index contributed by atoms with van der Waals surface area (Å²) in [6, 6.07) is 4.04. The SMILES string of the molecule is C=C(C)c1cc(C=C(C)C)c(O)c(C(C)(C)C)c1. The van der Waals surface area contributed by atoms with Gasteiger partial charge in [-0.05, 0) is 43.9 Å². The molecule has 0 saturated carbocycles. The van der Waals surface area contributed by atoms with Gasteiger partial charge in [-0.1, -0.05) is 44.6 Å². The first-order chi connectivity index (χ1) is 8.12. The summed E-state index contributed by atoms with van der Waals surface area (Å²) in [5, 5.41) is 10.4. The second kappa shape index (κ2) is 5.01. The summed E-state index contributed by atoms with van der Waals surface area (Å²) in [6.07, 6.45) is 2.01. The van der Waals surface area contributed by atoms with Crippen molar-refractivity contribution in [3.05, 3.63) is 41.0 Å². The summed E-state index contributed by atoms with van der Waals surface area (Å²) in [6.45, 7) is 16.4. The Morgan fingerprint density at radius 1 is 1.17 bits per heavy atom. The van der Waals surface area contributed by atoms with Crippen LogP contribution in [0.25, 0.3) is 11.6 Å². The maximum atomic E-state index is 10.4. The number of phenolic OH excluding ortho intramolecular Hbond substituents is 1. The second-order valence-electron chi connectivity index (χ2n) is 6.21. The Labute approximate surface area is 111 Å². The van der Waals surface area contributed by atoms with Gasteiger partial charge in [-0.15, -0.1) is 0 Å². The average molecular weight is 244 g/mol. The fourth-order valence-corrected chi connectivity index (χ4v) is 1.90. The lowest BCUT2D eigenvalue weighted by molar-refractivity contribution is 0.445. The second-order valence-corrected chi connectivity index (χ2v) is 6.21. The van der Waals surface area contributed by atoms with Crippen LogP contribution < -0.4 is 0 Å². The van der Waals surface area contributed by atoms with Crippen molar-refractivity contribution in [2.45, 2.75) is 47.0 Å². The highest BCUT2D eigenvalue weighted by Gasteiger charge is 2.20. The third kappa shape index (κ3) is 3.25. The maximum Gasteiger partial charge on any atom is 0.126 e. The van der Waals surface area contributed by atoms with Gasteiger partial charge in [0, 0.05) is 11.1 Å². The van der Waals surface area contributed by atoms with Crippen molar-refractivity contribution in [1.29, 1.82) is 0 Å². The van der Waals surface area contributed by atoms with E-state index in [0.717, 1.165) is 22.3 Å². The molecule has 0 aromatic heterocycles. The molecule has 1 aromatic carbocycles. The highest BCUT2D eigenvalue weighted by atomic mass is 16.3. The van der Waals surface area contributed by atoms with Crippen LogP contribution in [-0.4, -0.2) is 5.11 Å². The van der Waals surface area contributed by atoms with E-state index in [1.165, 1.54) is 5.57 Å². The van der Waals surface area contributed by atoms with Gasteiger partial charge in [-0.2, -0.15) is 0 Å². The molecule has 0 unspecified atom stereocenters. The molecule has 0 atom stereocenters. The Morgan fingerprint density at radius 3 is 2.11 bits per heavy atom. The van der Waals surface area contributed by atoms with Crippen LogP contribution in [-0.2, 0) is 5.41 Å².